The van der Waals surface area contributed by atoms with Gasteiger partial charge in [0.05, 0.1) is 32.0 Å². The zero-order valence-electron chi connectivity index (χ0n) is 60.0. The quantitative estimate of drug-likeness (QED) is 0.0204. The molecule has 2 heterocycles. The number of aliphatic hydroxyl groups is 8. The van der Waals surface area contributed by atoms with Crippen LogP contribution in [-0.2, 0) is 23.7 Å². The van der Waals surface area contributed by atoms with Gasteiger partial charge in [-0.15, -0.1) is 0 Å². The highest BCUT2D eigenvalue weighted by Gasteiger charge is 2.51. The number of allylic oxidation sites excluding steroid dienone is 11. The van der Waals surface area contributed by atoms with E-state index in [9.17, 15) is 45.6 Å². The Bertz CT molecular complexity index is 1860. The maximum absolute atomic E-state index is 13.4. The first-order chi connectivity index (χ1) is 46.1. The van der Waals surface area contributed by atoms with Crippen LogP contribution in [0.25, 0.3) is 0 Å². The molecule has 12 unspecified atom stereocenters. The number of nitrogens with one attached hydrogen (secondary N) is 1. The van der Waals surface area contributed by atoms with Gasteiger partial charge in [-0.2, -0.15) is 0 Å². The molecule has 0 saturated carbocycles. The molecule has 2 fully saturated rings. The van der Waals surface area contributed by atoms with Crippen LogP contribution in [0.4, 0.5) is 0 Å². The Balaban J connectivity index is 1.62. The fourth-order valence-corrected chi connectivity index (χ4v) is 12.7. The van der Waals surface area contributed by atoms with Crippen molar-refractivity contribution in [1.29, 1.82) is 0 Å². The molecule has 12 atom stereocenters. The Labute approximate surface area is 574 Å². The fraction of sp³-hybridized carbons (Fsp3) is 0.838. The van der Waals surface area contributed by atoms with Crippen LogP contribution in [0.1, 0.15) is 335 Å². The molecule has 2 saturated heterocycles. The van der Waals surface area contributed by atoms with Crippen molar-refractivity contribution in [2.24, 2.45) is 0 Å². The van der Waals surface area contributed by atoms with Crippen LogP contribution >= 0.6 is 0 Å². The highest BCUT2D eigenvalue weighted by Crippen LogP contribution is 2.30. The summed E-state index contributed by atoms with van der Waals surface area (Å²) >= 11 is 0. The predicted octanol–water partition coefficient (Wildman–Crippen LogP) is 17.4. The van der Waals surface area contributed by atoms with Crippen molar-refractivity contribution in [3.63, 3.8) is 0 Å². The molecule has 1 amide bonds. The fourth-order valence-electron chi connectivity index (χ4n) is 12.7. The van der Waals surface area contributed by atoms with Gasteiger partial charge in [0.2, 0.25) is 5.91 Å². The molecule has 0 bridgehead atoms. The summed E-state index contributed by atoms with van der Waals surface area (Å²) in [5.74, 6) is -0.244. The lowest BCUT2D eigenvalue weighted by Gasteiger charge is -2.46. The second-order valence-corrected chi connectivity index (χ2v) is 27.4. The van der Waals surface area contributed by atoms with E-state index in [0.29, 0.717) is 12.8 Å². The summed E-state index contributed by atoms with van der Waals surface area (Å²) in [5, 5.41) is 87.6. The summed E-state index contributed by atoms with van der Waals surface area (Å²) in [6.45, 7) is 2.72. The summed E-state index contributed by atoms with van der Waals surface area (Å²) in [6, 6.07) is -0.934. The van der Waals surface area contributed by atoms with Crippen molar-refractivity contribution in [3.8, 4) is 0 Å². The van der Waals surface area contributed by atoms with Crippen molar-refractivity contribution in [3.05, 3.63) is 72.9 Å². The predicted molar refractivity (Wildman–Crippen MR) is 387 cm³/mol. The lowest BCUT2D eigenvalue weighted by atomic mass is 9.97. The van der Waals surface area contributed by atoms with Crippen LogP contribution in [0.3, 0.4) is 0 Å². The van der Waals surface area contributed by atoms with Crippen LogP contribution in [0.15, 0.2) is 72.9 Å². The van der Waals surface area contributed by atoms with E-state index >= 15 is 0 Å². The zero-order chi connectivity index (χ0) is 68.0. The molecule has 14 nitrogen and oxygen atoms in total. The highest BCUT2D eigenvalue weighted by molar-refractivity contribution is 5.76. The maximum atomic E-state index is 13.4. The normalized spacial score (nSPS) is 22.8. The number of rotatable bonds is 65. The van der Waals surface area contributed by atoms with E-state index in [2.05, 4.69) is 79.9 Å². The number of hydrogen-bond donors (Lipinski definition) is 9. The number of carbonyl (C=O) groups is 1. The summed E-state index contributed by atoms with van der Waals surface area (Å²) in [6.07, 6.45) is 71.3. The zero-order valence-corrected chi connectivity index (χ0v) is 60.0. The lowest BCUT2D eigenvalue weighted by molar-refractivity contribution is -0.359. The molecule has 0 aliphatic carbocycles. The molecule has 0 aromatic heterocycles. The Morgan fingerprint density at radius 2 is 0.745 bits per heavy atom. The lowest BCUT2D eigenvalue weighted by Crippen LogP contribution is -2.65. The van der Waals surface area contributed by atoms with Gasteiger partial charge in [0, 0.05) is 6.42 Å². The van der Waals surface area contributed by atoms with E-state index in [-0.39, 0.29) is 18.9 Å². The second kappa shape index (κ2) is 63.8. The topological polar surface area (TPSA) is 228 Å². The number of amides is 1. The van der Waals surface area contributed by atoms with E-state index in [4.69, 9.17) is 18.9 Å². The number of hydrogen-bond acceptors (Lipinski definition) is 13. The first-order valence-electron chi connectivity index (χ1n) is 39.2. The van der Waals surface area contributed by atoms with Crippen LogP contribution in [0.5, 0.6) is 0 Å². The highest BCUT2D eigenvalue weighted by atomic mass is 16.7. The summed E-state index contributed by atoms with van der Waals surface area (Å²) in [4.78, 5) is 13.4. The van der Waals surface area contributed by atoms with E-state index in [1.807, 2.05) is 6.08 Å². The van der Waals surface area contributed by atoms with Crippen molar-refractivity contribution in [1.82, 2.24) is 5.32 Å². The van der Waals surface area contributed by atoms with Gasteiger partial charge in [-0.3, -0.25) is 4.79 Å². The molecule has 2 aliphatic heterocycles. The van der Waals surface area contributed by atoms with Crippen LogP contribution in [0.2, 0.25) is 0 Å². The Hall–Kier alpha value is -2.57. The summed E-state index contributed by atoms with van der Waals surface area (Å²) < 4.78 is 22.9. The number of aliphatic hydroxyl groups excluding tert-OH is 8. The largest absolute Gasteiger partial charge is 0.394 e. The Kier molecular flexibility index (Phi) is 59.4. The average molecular weight is 1330 g/mol. The monoisotopic (exact) mass is 1330 g/mol. The van der Waals surface area contributed by atoms with Crippen LogP contribution < -0.4 is 5.32 Å². The van der Waals surface area contributed by atoms with Gasteiger partial charge in [0.25, 0.3) is 0 Å². The van der Waals surface area contributed by atoms with Gasteiger partial charge in [-0.25, -0.2) is 0 Å². The van der Waals surface area contributed by atoms with Gasteiger partial charge >= 0.3 is 0 Å². The number of carbonyl (C=O) groups excluding carboxylic acids is 1. The Morgan fingerprint density at radius 1 is 0.394 bits per heavy atom. The third kappa shape index (κ3) is 46.7. The third-order valence-electron chi connectivity index (χ3n) is 18.9. The van der Waals surface area contributed by atoms with Crippen LogP contribution in [0, 0.1) is 0 Å². The molecule has 0 spiro atoms. The second-order valence-electron chi connectivity index (χ2n) is 27.4. The number of ether oxygens (including phenoxy) is 4. The minimum absolute atomic E-state index is 0.244. The third-order valence-corrected chi connectivity index (χ3v) is 18.9. The van der Waals surface area contributed by atoms with E-state index in [1.165, 1.54) is 244 Å². The molecule has 14 heteroatoms. The first kappa shape index (κ1) is 87.5. The maximum Gasteiger partial charge on any atom is 0.220 e. The number of unbranched alkanes of at least 4 members (excludes halogenated alkanes) is 42. The molecule has 548 valence electrons. The SMILES string of the molecule is CC/C=C\C/C=C\C/C=C\C/C=C\CCCCCCCCCCCCCCCCCCCCCCCCC(=O)NC(COC1OC(CO)C(OC2OC(CO)C(O)C(O)C2O)C(O)C1O)C(O)/C=C/CC/C=C/CCCCCCCCCCCCCCCCCCCCC. The average Bonchev–Trinajstić information content (AvgIpc) is 0.794. The molecule has 0 radical (unpaired) electrons. The molecule has 9 N–H and O–H groups in total. The van der Waals surface area contributed by atoms with E-state index in [1.54, 1.807) is 6.08 Å². The van der Waals surface area contributed by atoms with Gasteiger partial charge in [-0.05, 0) is 70.6 Å². The molecule has 2 aliphatic rings. The van der Waals surface area contributed by atoms with Crippen molar-refractivity contribution in [2.45, 2.75) is 408 Å². The van der Waals surface area contributed by atoms with Gasteiger partial charge in [0.1, 0.15) is 48.8 Å². The molecule has 0 aromatic rings. The smallest absolute Gasteiger partial charge is 0.220 e. The molecule has 2 rings (SSSR count). The van der Waals surface area contributed by atoms with Crippen LogP contribution in [-0.4, -0.2) is 140 Å². The summed E-state index contributed by atoms with van der Waals surface area (Å²) in [5.41, 5.74) is 0. The standard InChI is InChI=1S/C80H145NO13/c1-3-5-7-9-11-13-15-17-19-21-23-25-27-29-30-31-32-33-34-35-36-37-38-40-42-44-46-48-50-52-54-56-58-60-62-64-72(85)81-68(67-91-79-77(90)75(88)78(71(66-83)93-79)94-80-76(89)74(87)73(86)70(65-82)92-80)69(84)63-61-59-57-55-53-51-49-47-45-43-41-39-28-26-24-22-20-18-16-14-12-10-8-6-4-2/h5,7,11,13,17,19,23,25,53,55,61,63,68-71,73-80,82-84,86-90H,3-4,6,8-10,12,14-16,18,20-22,24,26-52,54,56-60,62,64-67H2,1-2H3,(H,81,85)/b7-5-,13-11-,19-17-,25-23-,55-53+,63-61+. The minimum atomic E-state index is -1.79. The van der Waals surface area contributed by atoms with E-state index in [0.717, 1.165) is 57.8 Å². The summed E-state index contributed by atoms with van der Waals surface area (Å²) in [7, 11) is 0. The van der Waals surface area contributed by atoms with Gasteiger partial charge in [-0.1, -0.05) is 331 Å². The molecular formula is C80H145NO13. The molecule has 94 heavy (non-hydrogen) atoms. The van der Waals surface area contributed by atoms with Crippen molar-refractivity contribution in [2.75, 3.05) is 19.8 Å². The minimum Gasteiger partial charge on any atom is -0.394 e. The van der Waals surface area contributed by atoms with Gasteiger partial charge < -0.3 is 65.1 Å². The van der Waals surface area contributed by atoms with Crippen molar-refractivity contribution < 1.29 is 64.6 Å². The van der Waals surface area contributed by atoms with E-state index < -0.39 is 86.8 Å². The Morgan fingerprint density at radius 3 is 1.17 bits per heavy atom. The first-order valence-corrected chi connectivity index (χ1v) is 39.2. The van der Waals surface area contributed by atoms with Gasteiger partial charge in [0.15, 0.2) is 12.6 Å². The van der Waals surface area contributed by atoms with Crippen molar-refractivity contribution >= 4 is 5.91 Å². The molecular weight excluding hydrogens is 1180 g/mol. The molecule has 0 aromatic carbocycles.